The maximum Gasteiger partial charge on any atom is 0.337 e. The standard InChI is InChI=1S/C29H25N3O2/c1-34-29(33)24-12-10-21(11-13-24)18-32(19-25-16-14-22-6-2-4-8-27(22)30-25)20-26-17-15-23-7-3-5-9-28(23)31-26/h2-17H,18-20H2,1H3. The zero-order valence-corrected chi connectivity index (χ0v) is 19.0. The third kappa shape index (κ3) is 4.95. The van der Waals surface area contributed by atoms with Gasteiger partial charge in [0.05, 0.1) is 35.1 Å². The summed E-state index contributed by atoms with van der Waals surface area (Å²) >= 11 is 0. The fourth-order valence-corrected chi connectivity index (χ4v) is 4.14. The van der Waals surface area contributed by atoms with Crippen LogP contribution < -0.4 is 0 Å². The molecule has 2 aromatic heterocycles. The summed E-state index contributed by atoms with van der Waals surface area (Å²) in [4.78, 5) is 23.9. The summed E-state index contributed by atoms with van der Waals surface area (Å²) in [5.74, 6) is -0.330. The zero-order chi connectivity index (χ0) is 23.3. The first-order chi connectivity index (χ1) is 16.7. The molecule has 2 heterocycles. The molecule has 5 aromatic rings. The Labute approximate surface area is 198 Å². The normalized spacial score (nSPS) is 11.2. The summed E-state index contributed by atoms with van der Waals surface area (Å²) in [5, 5.41) is 2.26. The van der Waals surface area contributed by atoms with E-state index in [-0.39, 0.29) is 5.97 Å². The van der Waals surface area contributed by atoms with Gasteiger partial charge in [-0.1, -0.05) is 60.7 Å². The number of benzene rings is 3. The molecule has 168 valence electrons. The van der Waals surface area contributed by atoms with Crippen molar-refractivity contribution in [2.45, 2.75) is 19.6 Å². The van der Waals surface area contributed by atoms with Crippen LogP contribution in [0.15, 0.2) is 97.1 Å². The Morgan fingerprint density at radius 3 is 1.74 bits per heavy atom. The van der Waals surface area contributed by atoms with E-state index in [1.54, 1.807) is 0 Å². The molecule has 3 aromatic carbocycles. The van der Waals surface area contributed by atoms with Crippen LogP contribution >= 0.6 is 0 Å². The van der Waals surface area contributed by atoms with Crippen LogP contribution in [0.2, 0.25) is 0 Å². The molecular weight excluding hydrogens is 422 g/mol. The Hall–Kier alpha value is -4.09. The number of ether oxygens (including phenoxy) is 1. The van der Waals surface area contributed by atoms with E-state index in [4.69, 9.17) is 14.7 Å². The average Bonchev–Trinajstić information content (AvgIpc) is 2.88. The number of pyridine rings is 2. The highest BCUT2D eigenvalue weighted by Gasteiger charge is 2.12. The van der Waals surface area contributed by atoms with Crippen molar-refractivity contribution >= 4 is 27.8 Å². The number of carbonyl (C=O) groups excluding carboxylic acids is 1. The minimum absolute atomic E-state index is 0.330. The molecule has 0 spiro atoms. The lowest BCUT2D eigenvalue weighted by Gasteiger charge is -2.22. The number of para-hydroxylation sites is 2. The highest BCUT2D eigenvalue weighted by molar-refractivity contribution is 5.89. The van der Waals surface area contributed by atoms with E-state index in [1.807, 2.05) is 60.7 Å². The van der Waals surface area contributed by atoms with Gasteiger partial charge >= 0.3 is 5.97 Å². The summed E-state index contributed by atoms with van der Waals surface area (Å²) < 4.78 is 4.82. The molecule has 0 radical (unpaired) electrons. The van der Waals surface area contributed by atoms with Gasteiger partial charge in [-0.05, 0) is 42.0 Å². The van der Waals surface area contributed by atoms with Crippen molar-refractivity contribution < 1.29 is 9.53 Å². The van der Waals surface area contributed by atoms with Gasteiger partial charge in [-0.2, -0.15) is 0 Å². The number of methoxy groups -OCH3 is 1. The largest absolute Gasteiger partial charge is 0.465 e. The lowest BCUT2D eigenvalue weighted by atomic mass is 10.1. The van der Waals surface area contributed by atoms with Crippen LogP contribution in [-0.2, 0) is 24.4 Å². The van der Waals surface area contributed by atoms with Crippen molar-refractivity contribution in [1.82, 2.24) is 14.9 Å². The van der Waals surface area contributed by atoms with Gasteiger partial charge in [0, 0.05) is 30.4 Å². The quantitative estimate of drug-likeness (QED) is 0.296. The number of fused-ring (bicyclic) bond motifs is 2. The molecule has 0 unspecified atom stereocenters. The molecule has 5 nitrogen and oxygen atoms in total. The number of hydrogen-bond donors (Lipinski definition) is 0. The van der Waals surface area contributed by atoms with Crippen LogP contribution in [0.3, 0.4) is 0 Å². The Kier molecular flexibility index (Phi) is 6.27. The molecule has 34 heavy (non-hydrogen) atoms. The van der Waals surface area contributed by atoms with E-state index in [2.05, 4.69) is 41.3 Å². The molecule has 0 aliphatic heterocycles. The van der Waals surface area contributed by atoms with Crippen molar-refractivity contribution in [1.29, 1.82) is 0 Å². The molecule has 0 fully saturated rings. The molecule has 5 rings (SSSR count). The number of nitrogens with zero attached hydrogens (tertiary/aromatic N) is 3. The minimum Gasteiger partial charge on any atom is -0.465 e. The van der Waals surface area contributed by atoms with Gasteiger partial charge in [0.15, 0.2) is 0 Å². The van der Waals surface area contributed by atoms with Crippen LogP contribution in [0.25, 0.3) is 21.8 Å². The van der Waals surface area contributed by atoms with Gasteiger partial charge in [-0.15, -0.1) is 0 Å². The van der Waals surface area contributed by atoms with Crippen molar-refractivity contribution in [3.63, 3.8) is 0 Å². The molecule has 0 amide bonds. The third-order valence-corrected chi connectivity index (χ3v) is 5.86. The monoisotopic (exact) mass is 447 g/mol. The van der Waals surface area contributed by atoms with Gasteiger partial charge in [0.1, 0.15) is 0 Å². The predicted molar refractivity (Wildman–Crippen MR) is 134 cm³/mol. The number of rotatable bonds is 7. The summed E-state index contributed by atoms with van der Waals surface area (Å²) in [6.45, 7) is 2.06. The number of carbonyl (C=O) groups is 1. The second kappa shape index (κ2) is 9.81. The highest BCUT2D eigenvalue weighted by Crippen LogP contribution is 2.18. The number of aromatic nitrogens is 2. The first kappa shape index (κ1) is 21.7. The summed E-state index contributed by atoms with van der Waals surface area (Å²) in [6.07, 6.45) is 0. The molecule has 0 aliphatic rings. The van der Waals surface area contributed by atoms with E-state index in [0.29, 0.717) is 25.2 Å². The van der Waals surface area contributed by atoms with Crippen molar-refractivity contribution in [3.8, 4) is 0 Å². The van der Waals surface area contributed by atoms with E-state index < -0.39 is 0 Å². The van der Waals surface area contributed by atoms with Gasteiger partial charge in [0.25, 0.3) is 0 Å². The Balaban J connectivity index is 1.42. The Bertz CT molecular complexity index is 1370. The van der Waals surface area contributed by atoms with Crippen molar-refractivity contribution in [3.05, 3.63) is 120 Å². The second-order valence-electron chi connectivity index (χ2n) is 8.32. The second-order valence-corrected chi connectivity index (χ2v) is 8.32. The van der Waals surface area contributed by atoms with Gasteiger partial charge < -0.3 is 4.74 Å². The smallest absolute Gasteiger partial charge is 0.337 e. The summed E-state index contributed by atoms with van der Waals surface area (Å²) in [5.41, 5.74) is 5.65. The van der Waals surface area contributed by atoms with Gasteiger partial charge in [-0.3, -0.25) is 14.9 Å². The summed E-state index contributed by atoms with van der Waals surface area (Å²) in [7, 11) is 1.39. The average molecular weight is 448 g/mol. The van der Waals surface area contributed by atoms with Crippen molar-refractivity contribution in [2.24, 2.45) is 0 Å². The highest BCUT2D eigenvalue weighted by atomic mass is 16.5. The lowest BCUT2D eigenvalue weighted by molar-refractivity contribution is 0.0600. The van der Waals surface area contributed by atoms with E-state index in [1.165, 1.54) is 7.11 Å². The maximum absolute atomic E-state index is 11.8. The topological polar surface area (TPSA) is 55.3 Å². The molecule has 5 heteroatoms. The predicted octanol–water partition coefficient (Wildman–Crippen LogP) is 5.77. The van der Waals surface area contributed by atoms with E-state index >= 15 is 0 Å². The molecule has 0 aliphatic carbocycles. The van der Waals surface area contributed by atoms with Gasteiger partial charge in [-0.25, -0.2) is 4.79 Å². The minimum atomic E-state index is -0.330. The van der Waals surface area contributed by atoms with Crippen molar-refractivity contribution in [2.75, 3.05) is 7.11 Å². The first-order valence-electron chi connectivity index (χ1n) is 11.3. The third-order valence-electron chi connectivity index (χ3n) is 5.86. The molecule has 0 atom stereocenters. The molecule has 0 N–H and O–H groups in total. The Morgan fingerprint density at radius 2 is 1.21 bits per heavy atom. The van der Waals surface area contributed by atoms with Crippen LogP contribution in [0.5, 0.6) is 0 Å². The van der Waals surface area contributed by atoms with Gasteiger partial charge in [0.2, 0.25) is 0 Å². The first-order valence-corrected chi connectivity index (χ1v) is 11.3. The van der Waals surface area contributed by atoms with Crippen LogP contribution in [0, 0.1) is 0 Å². The van der Waals surface area contributed by atoms with E-state index in [9.17, 15) is 4.79 Å². The fourth-order valence-electron chi connectivity index (χ4n) is 4.14. The summed E-state index contributed by atoms with van der Waals surface area (Å²) in [6, 6.07) is 32.3. The zero-order valence-electron chi connectivity index (χ0n) is 19.0. The van der Waals surface area contributed by atoms with Crippen LogP contribution in [0.4, 0.5) is 0 Å². The fraction of sp³-hybridized carbons (Fsp3) is 0.138. The van der Waals surface area contributed by atoms with E-state index in [0.717, 1.165) is 38.8 Å². The van der Waals surface area contributed by atoms with Crippen LogP contribution in [-0.4, -0.2) is 27.9 Å². The maximum atomic E-state index is 11.8. The lowest BCUT2D eigenvalue weighted by Crippen LogP contribution is -2.23. The molecular formula is C29H25N3O2. The number of esters is 1. The molecule has 0 saturated carbocycles. The molecule has 0 bridgehead atoms. The molecule has 0 saturated heterocycles. The number of hydrogen-bond acceptors (Lipinski definition) is 5. The SMILES string of the molecule is COC(=O)c1ccc(CN(Cc2ccc3ccccc3n2)Cc2ccc3ccccc3n2)cc1. The van der Waals surface area contributed by atoms with Crippen LogP contribution in [0.1, 0.15) is 27.3 Å². The Morgan fingerprint density at radius 1 is 0.676 bits per heavy atom.